The smallest absolute Gasteiger partial charge is 0.164 e. The molecule has 0 bridgehead atoms. The van der Waals surface area contributed by atoms with Crippen molar-refractivity contribution in [3.05, 3.63) is 127 Å². The van der Waals surface area contributed by atoms with Crippen LogP contribution in [0.25, 0.3) is 68.3 Å². The summed E-state index contributed by atoms with van der Waals surface area (Å²) in [6.07, 6.45) is 0. The Morgan fingerprint density at radius 3 is 1.06 bits per heavy atom. The van der Waals surface area contributed by atoms with Crippen molar-refractivity contribution in [2.75, 3.05) is 0 Å². The molecule has 53 heavy (non-hydrogen) atoms. The van der Waals surface area contributed by atoms with Gasteiger partial charge in [-0.25, -0.2) is 44.9 Å². The van der Waals surface area contributed by atoms with Crippen LogP contribution in [0.2, 0.25) is 0 Å². The van der Waals surface area contributed by atoms with Gasteiger partial charge in [-0.1, -0.05) is 159 Å². The zero-order valence-electron chi connectivity index (χ0n) is 31.5. The van der Waals surface area contributed by atoms with Crippen molar-refractivity contribution in [2.45, 2.75) is 72.1 Å². The summed E-state index contributed by atoms with van der Waals surface area (Å²) in [5, 5.41) is 0. The van der Waals surface area contributed by atoms with Gasteiger partial charge in [0, 0.05) is 50.1 Å². The molecular weight excluding hydrogens is 655 g/mol. The van der Waals surface area contributed by atoms with Crippen LogP contribution in [0.3, 0.4) is 0 Å². The van der Waals surface area contributed by atoms with Gasteiger partial charge in [0.25, 0.3) is 0 Å². The van der Waals surface area contributed by atoms with Gasteiger partial charge < -0.3 is 0 Å². The fourth-order valence-electron chi connectivity index (χ4n) is 5.59. The van der Waals surface area contributed by atoms with Crippen molar-refractivity contribution in [1.29, 1.82) is 0 Å². The van der Waals surface area contributed by atoms with E-state index in [4.69, 9.17) is 44.9 Å². The molecule has 3 heterocycles. The average molecular weight is 698 g/mol. The first-order valence-corrected chi connectivity index (χ1v) is 17.9. The van der Waals surface area contributed by atoms with E-state index in [-0.39, 0.29) is 16.7 Å². The first-order valence-electron chi connectivity index (χ1n) is 17.9. The number of hydrogen-bond acceptors (Lipinski definition) is 9. The minimum Gasteiger partial charge on any atom is -0.217 e. The number of nitrogens with zero attached hydrogens (tertiary/aromatic N) is 9. The fourth-order valence-corrected chi connectivity index (χ4v) is 5.59. The molecule has 7 aromatic rings. The summed E-state index contributed by atoms with van der Waals surface area (Å²) >= 11 is 0. The highest BCUT2D eigenvalue weighted by Gasteiger charge is 2.23. The monoisotopic (exact) mass is 697 g/mol. The summed E-state index contributed by atoms with van der Waals surface area (Å²) < 4.78 is 0. The van der Waals surface area contributed by atoms with Crippen LogP contribution in [0, 0.1) is 0 Å². The van der Waals surface area contributed by atoms with Crippen molar-refractivity contribution in [1.82, 2.24) is 44.9 Å². The quantitative estimate of drug-likeness (QED) is 0.160. The highest BCUT2D eigenvalue weighted by molar-refractivity contribution is 5.71. The van der Waals surface area contributed by atoms with Crippen molar-refractivity contribution >= 4 is 0 Å². The Labute approximate surface area is 311 Å². The first kappa shape index (κ1) is 35.3. The molecule has 0 spiro atoms. The third-order valence-electron chi connectivity index (χ3n) is 8.63. The molecule has 3 aromatic heterocycles. The number of hydrogen-bond donors (Lipinski definition) is 0. The fraction of sp³-hybridized carbons (Fsp3) is 0.250. The lowest BCUT2D eigenvalue weighted by Gasteiger charge is -2.19. The molecule has 4 aromatic carbocycles. The molecule has 9 heteroatoms. The zero-order chi connectivity index (χ0) is 37.3. The van der Waals surface area contributed by atoms with Gasteiger partial charge in [-0.15, -0.1) is 0 Å². The van der Waals surface area contributed by atoms with Crippen molar-refractivity contribution < 1.29 is 0 Å². The van der Waals surface area contributed by atoms with Crippen molar-refractivity contribution in [3.63, 3.8) is 0 Å². The maximum Gasteiger partial charge on any atom is 0.164 e. The van der Waals surface area contributed by atoms with Gasteiger partial charge in [-0.05, 0) is 6.07 Å². The summed E-state index contributed by atoms with van der Waals surface area (Å²) in [4.78, 5) is 44.1. The Morgan fingerprint density at radius 1 is 0.340 bits per heavy atom. The Balaban J connectivity index is 1.31. The van der Waals surface area contributed by atoms with E-state index >= 15 is 0 Å². The topological polar surface area (TPSA) is 116 Å². The molecule has 0 aliphatic rings. The van der Waals surface area contributed by atoms with Crippen LogP contribution in [-0.4, -0.2) is 44.9 Å². The zero-order valence-corrected chi connectivity index (χ0v) is 31.5. The maximum atomic E-state index is 5.02. The predicted octanol–water partition coefficient (Wildman–Crippen LogP) is 9.96. The minimum atomic E-state index is -0.261. The van der Waals surface area contributed by atoms with E-state index in [0.29, 0.717) is 34.9 Å². The highest BCUT2D eigenvalue weighted by Crippen LogP contribution is 2.31. The van der Waals surface area contributed by atoms with E-state index < -0.39 is 0 Å². The Kier molecular flexibility index (Phi) is 9.43. The average Bonchev–Trinajstić information content (AvgIpc) is 3.17. The molecule has 7 rings (SSSR count). The minimum absolute atomic E-state index is 0.156. The lowest BCUT2D eigenvalue weighted by atomic mass is 9.95. The van der Waals surface area contributed by atoms with E-state index in [1.165, 1.54) is 0 Å². The van der Waals surface area contributed by atoms with Crippen LogP contribution >= 0.6 is 0 Å². The largest absolute Gasteiger partial charge is 0.217 e. The molecule has 0 fully saturated rings. The standard InChI is InChI=1S/C44H43N9/c1-27(2)34-45-40(53-41(50-34)43(3,4)5)33-21-15-20-32(26-33)39-47-35(28-16-11-9-12-17-28)46-36(48-39)30-22-24-31(25-23-30)38-49-37(29-18-13-10-14-19-29)51-42(52-38)44(6,7)8/h9-27H,1-8H3. The summed E-state index contributed by atoms with van der Waals surface area (Å²) in [7, 11) is 0. The van der Waals surface area contributed by atoms with Gasteiger partial charge in [0.1, 0.15) is 17.5 Å². The highest BCUT2D eigenvalue weighted by atomic mass is 15.1. The lowest BCUT2D eigenvalue weighted by Crippen LogP contribution is -2.19. The molecule has 0 aliphatic carbocycles. The Hall–Kier alpha value is -6.09. The summed E-state index contributed by atoms with van der Waals surface area (Å²) in [6.45, 7) is 16.9. The third-order valence-corrected chi connectivity index (χ3v) is 8.63. The molecule has 9 nitrogen and oxygen atoms in total. The van der Waals surface area contributed by atoms with Gasteiger partial charge >= 0.3 is 0 Å². The molecule has 0 N–H and O–H groups in total. The van der Waals surface area contributed by atoms with Crippen LogP contribution in [0.4, 0.5) is 0 Å². The van der Waals surface area contributed by atoms with Crippen LogP contribution in [0.5, 0.6) is 0 Å². The van der Waals surface area contributed by atoms with E-state index in [1.807, 2.05) is 109 Å². The lowest BCUT2D eigenvalue weighted by molar-refractivity contribution is 0.533. The first-order chi connectivity index (χ1) is 25.3. The van der Waals surface area contributed by atoms with Crippen molar-refractivity contribution in [3.8, 4) is 68.3 Å². The van der Waals surface area contributed by atoms with E-state index in [0.717, 1.165) is 50.9 Å². The normalized spacial score (nSPS) is 11.9. The molecule has 0 radical (unpaired) electrons. The molecule has 0 saturated carbocycles. The second-order valence-electron chi connectivity index (χ2n) is 15.5. The Bertz CT molecular complexity index is 2380. The van der Waals surface area contributed by atoms with Gasteiger partial charge in [0.15, 0.2) is 34.9 Å². The van der Waals surface area contributed by atoms with E-state index in [1.54, 1.807) is 0 Å². The van der Waals surface area contributed by atoms with E-state index in [9.17, 15) is 0 Å². The Morgan fingerprint density at radius 2 is 0.660 bits per heavy atom. The van der Waals surface area contributed by atoms with Crippen LogP contribution in [0.15, 0.2) is 109 Å². The van der Waals surface area contributed by atoms with Crippen molar-refractivity contribution in [2.24, 2.45) is 0 Å². The summed E-state index contributed by atoms with van der Waals surface area (Å²) in [5.74, 6) is 5.99. The van der Waals surface area contributed by atoms with Gasteiger partial charge in [0.05, 0.1) is 0 Å². The van der Waals surface area contributed by atoms with Crippen LogP contribution in [0.1, 0.15) is 78.8 Å². The number of rotatable bonds is 7. The maximum absolute atomic E-state index is 5.02. The van der Waals surface area contributed by atoms with Crippen LogP contribution in [-0.2, 0) is 10.8 Å². The van der Waals surface area contributed by atoms with E-state index in [2.05, 4.69) is 55.4 Å². The predicted molar refractivity (Wildman–Crippen MR) is 211 cm³/mol. The molecule has 0 unspecified atom stereocenters. The second kappa shape index (κ2) is 14.1. The molecule has 0 amide bonds. The molecule has 0 atom stereocenters. The van der Waals surface area contributed by atoms with Gasteiger partial charge in [0.2, 0.25) is 0 Å². The van der Waals surface area contributed by atoms with Crippen LogP contribution < -0.4 is 0 Å². The number of benzene rings is 4. The molecule has 0 aliphatic heterocycles. The molecular formula is C44H43N9. The van der Waals surface area contributed by atoms with Gasteiger partial charge in [-0.3, -0.25) is 0 Å². The van der Waals surface area contributed by atoms with Gasteiger partial charge in [-0.2, -0.15) is 0 Å². The summed E-state index contributed by atoms with van der Waals surface area (Å²) in [5.41, 5.74) is 4.76. The molecule has 264 valence electrons. The second-order valence-corrected chi connectivity index (χ2v) is 15.5. The summed E-state index contributed by atoms with van der Waals surface area (Å²) in [6, 6.07) is 36.1. The SMILES string of the molecule is CC(C)c1nc(-c2cccc(-c3nc(-c4ccccc4)nc(-c4ccc(-c5nc(-c6ccccc6)nc(C(C)(C)C)n5)cc4)n3)c2)nc(C(C)(C)C)n1. The number of aromatic nitrogens is 9. The molecule has 0 saturated heterocycles. The third kappa shape index (κ3) is 7.89.